The number of hydrazine groups is 2. The van der Waals surface area contributed by atoms with E-state index in [-0.39, 0.29) is 38.1 Å². The fourth-order valence-corrected chi connectivity index (χ4v) is 4.61. The molecule has 0 spiro atoms. The Morgan fingerprint density at radius 2 is 1.54 bits per heavy atom. The van der Waals surface area contributed by atoms with Crippen LogP contribution in [0.15, 0.2) is 48.5 Å². The maximum atomic E-state index is 12.9. The number of carbonyl (C=O) groups excluding carboxylic acids is 2. The van der Waals surface area contributed by atoms with Crippen molar-refractivity contribution in [2.24, 2.45) is 5.92 Å². The molecule has 212 valence electrons. The van der Waals surface area contributed by atoms with Gasteiger partial charge < -0.3 is 14.6 Å². The van der Waals surface area contributed by atoms with Gasteiger partial charge in [-0.1, -0.05) is 62.4 Å². The van der Waals surface area contributed by atoms with Gasteiger partial charge in [0.05, 0.1) is 6.54 Å². The summed E-state index contributed by atoms with van der Waals surface area (Å²) in [4.78, 5) is 37.0. The van der Waals surface area contributed by atoms with Gasteiger partial charge in [-0.15, -0.1) is 0 Å². The summed E-state index contributed by atoms with van der Waals surface area (Å²) in [6.45, 7) is 9.85. The number of carbonyl (C=O) groups is 3. The summed E-state index contributed by atoms with van der Waals surface area (Å²) in [6.07, 6.45) is -1.27. The Bertz CT molecular complexity index is 1120. The summed E-state index contributed by atoms with van der Waals surface area (Å²) >= 11 is 0. The Morgan fingerprint density at radius 3 is 2.05 bits per heavy atom. The van der Waals surface area contributed by atoms with Crippen molar-refractivity contribution < 1.29 is 29.0 Å². The molecule has 0 saturated heterocycles. The molecular formula is C29H40N4O6. The maximum Gasteiger partial charge on any atom is 0.425 e. The minimum absolute atomic E-state index is 0.0611. The number of aliphatic carboxylic acids is 1. The third kappa shape index (κ3) is 8.43. The Morgan fingerprint density at radius 1 is 0.974 bits per heavy atom. The molecule has 0 bridgehead atoms. The Labute approximate surface area is 230 Å². The van der Waals surface area contributed by atoms with Crippen LogP contribution in [0.1, 0.15) is 51.7 Å². The summed E-state index contributed by atoms with van der Waals surface area (Å²) in [5, 5.41) is 13.4. The number of fused-ring (bicyclic) bond motifs is 3. The van der Waals surface area contributed by atoms with Gasteiger partial charge in [-0.2, -0.15) is 0 Å². The topological polar surface area (TPSA) is 112 Å². The summed E-state index contributed by atoms with van der Waals surface area (Å²) < 4.78 is 11.2. The van der Waals surface area contributed by atoms with Crippen LogP contribution in [-0.2, 0) is 14.3 Å². The van der Waals surface area contributed by atoms with Crippen LogP contribution in [0.5, 0.6) is 0 Å². The largest absolute Gasteiger partial charge is 0.480 e. The summed E-state index contributed by atoms with van der Waals surface area (Å²) in [5.41, 5.74) is 6.60. The second-order valence-corrected chi connectivity index (χ2v) is 11.1. The van der Waals surface area contributed by atoms with Gasteiger partial charge in [0.15, 0.2) is 0 Å². The van der Waals surface area contributed by atoms with Crippen molar-refractivity contribution in [1.29, 1.82) is 0 Å². The number of amides is 2. The van der Waals surface area contributed by atoms with Crippen molar-refractivity contribution in [2.75, 3.05) is 39.8 Å². The highest BCUT2D eigenvalue weighted by Crippen LogP contribution is 2.44. The normalized spacial score (nSPS) is 12.8. The Balaban J connectivity index is 1.65. The molecule has 0 atom stereocenters. The van der Waals surface area contributed by atoms with Gasteiger partial charge in [0, 0.05) is 26.1 Å². The molecule has 0 radical (unpaired) electrons. The Kier molecular flexibility index (Phi) is 9.93. The van der Waals surface area contributed by atoms with Crippen LogP contribution >= 0.6 is 0 Å². The van der Waals surface area contributed by atoms with Crippen molar-refractivity contribution in [3.8, 4) is 11.1 Å². The second-order valence-electron chi connectivity index (χ2n) is 11.1. The number of carboxylic acid groups (broad SMARTS) is 1. The third-order valence-corrected chi connectivity index (χ3v) is 6.14. The number of nitrogens with zero attached hydrogens (tertiary/aromatic N) is 3. The number of hydrogen-bond acceptors (Lipinski definition) is 7. The highest BCUT2D eigenvalue weighted by molar-refractivity contribution is 5.79. The molecule has 0 aromatic heterocycles. The Hall–Kier alpha value is -3.63. The van der Waals surface area contributed by atoms with E-state index in [2.05, 4.69) is 29.7 Å². The van der Waals surface area contributed by atoms with E-state index >= 15 is 0 Å². The predicted molar refractivity (Wildman–Crippen MR) is 148 cm³/mol. The van der Waals surface area contributed by atoms with Crippen molar-refractivity contribution in [2.45, 2.75) is 46.1 Å². The van der Waals surface area contributed by atoms with E-state index in [1.807, 2.05) is 38.1 Å². The summed E-state index contributed by atoms with van der Waals surface area (Å²) in [7, 11) is 1.50. The number of likely N-dealkylation sites (N-methyl/N-ethyl adjacent to an activating group) is 1. The van der Waals surface area contributed by atoms with Gasteiger partial charge in [0.1, 0.15) is 18.8 Å². The number of hydrogen-bond donors (Lipinski definition) is 2. The zero-order valence-electron chi connectivity index (χ0n) is 23.6. The van der Waals surface area contributed by atoms with Crippen molar-refractivity contribution in [3.05, 3.63) is 59.7 Å². The van der Waals surface area contributed by atoms with E-state index < -0.39 is 23.8 Å². The van der Waals surface area contributed by atoms with E-state index in [4.69, 9.17) is 9.47 Å². The number of nitrogens with one attached hydrogen (secondary N) is 1. The second kappa shape index (κ2) is 12.9. The van der Waals surface area contributed by atoms with Crippen molar-refractivity contribution in [3.63, 3.8) is 0 Å². The number of ether oxygens (including phenoxy) is 2. The van der Waals surface area contributed by atoms with Gasteiger partial charge in [-0.3, -0.25) is 10.2 Å². The first kappa shape index (κ1) is 29.9. The molecule has 0 aliphatic heterocycles. The minimum atomic E-state index is -1.08. The van der Waals surface area contributed by atoms with Crippen LogP contribution in [-0.4, -0.2) is 83.7 Å². The van der Waals surface area contributed by atoms with Crippen LogP contribution in [0.25, 0.3) is 11.1 Å². The first-order valence-corrected chi connectivity index (χ1v) is 13.2. The molecule has 0 fully saturated rings. The molecule has 3 rings (SSSR count). The zero-order chi connectivity index (χ0) is 28.7. The molecule has 2 N–H and O–H groups in total. The highest BCUT2D eigenvalue weighted by atomic mass is 16.6. The van der Waals surface area contributed by atoms with E-state index in [1.54, 1.807) is 25.8 Å². The average Bonchev–Trinajstić information content (AvgIpc) is 3.14. The van der Waals surface area contributed by atoms with Gasteiger partial charge in [-0.25, -0.2) is 24.6 Å². The number of rotatable bonds is 11. The molecule has 10 heteroatoms. The van der Waals surface area contributed by atoms with Gasteiger partial charge >= 0.3 is 18.2 Å². The number of benzene rings is 2. The molecule has 39 heavy (non-hydrogen) atoms. The molecule has 0 heterocycles. The van der Waals surface area contributed by atoms with Crippen LogP contribution in [0.3, 0.4) is 0 Å². The van der Waals surface area contributed by atoms with Gasteiger partial charge in [0.25, 0.3) is 0 Å². The zero-order valence-corrected chi connectivity index (χ0v) is 23.6. The monoisotopic (exact) mass is 540 g/mol. The minimum Gasteiger partial charge on any atom is -0.480 e. The fraction of sp³-hybridized carbons (Fsp3) is 0.483. The van der Waals surface area contributed by atoms with E-state index in [1.165, 1.54) is 17.1 Å². The lowest BCUT2D eigenvalue weighted by Gasteiger charge is -2.34. The summed E-state index contributed by atoms with van der Waals surface area (Å²) in [6, 6.07) is 16.3. The van der Waals surface area contributed by atoms with E-state index in [9.17, 15) is 19.5 Å². The third-order valence-electron chi connectivity index (χ3n) is 6.14. The molecule has 2 aromatic rings. The van der Waals surface area contributed by atoms with Crippen LogP contribution in [0.2, 0.25) is 0 Å². The molecular weight excluding hydrogens is 500 g/mol. The molecule has 2 amide bonds. The van der Waals surface area contributed by atoms with E-state index in [0.717, 1.165) is 22.3 Å². The lowest BCUT2D eigenvalue weighted by atomic mass is 9.98. The van der Waals surface area contributed by atoms with Crippen LogP contribution < -0.4 is 5.43 Å². The molecule has 10 nitrogen and oxygen atoms in total. The molecule has 2 aromatic carbocycles. The molecule has 1 aliphatic carbocycles. The lowest BCUT2D eigenvalue weighted by Crippen LogP contribution is -2.53. The molecule has 0 saturated carbocycles. The predicted octanol–water partition coefficient (Wildman–Crippen LogP) is 4.57. The van der Waals surface area contributed by atoms with Crippen molar-refractivity contribution in [1.82, 2.24) is 20.5 Å². The summed E-state index contributed by atoms with van der Waals surface area (Å²) in [5.74, 6) is -0.943. The first-order chi connectivity index (χ1) is 18.4. The van der Waals surface area contributed by atoms with Gasteiger partial charge in [0.2, 0.25) is 0 Å². The SMILES string of the molecule is CC(C)CN(CCN(C(=O)OC(C)(C)C)N(C)CC(=O)O)NC(=O)OCC1c2ccccc2-c2ccccc21. The van der Waals surface area contributed by atoms with Crippen LogP contribution in [0.4, 0.5) is 9.59 Å². The quantitative estimate of drug-likeness (QED) is 0.399. The first-order valence-electron chi connectivity index (χ1n) is 13.2. The highest BCUT2D eigenvalue weighted by Gasteiger charge is 2.30. The fourth-order valence-electron chi connectivity index (χ4n) is 4.61. The maximum absolute atomic E-state index is 12.9. The molecule has 1 aliphatic rings. The van der Waals surface area contributed by atoms with E-state index in [0.29, 0.717) is 6.54 Å². The molecule has 0 unspecified atom stereocenters. The smallest absolute Gasteiger partial charge is 0.425 e. The lowest BCUT2D eigenvalue weighted by molar-refractivity contribution is -0.142. The standard InChI is InChI=1S/C29H40N4O6/c1-20(2)17-32(15-16-33(31(6)18-26(34)35)28(37)39-29(3,4)5)30-27(36)38-19-25-23-13-9-7-11-21(23)22-12-8-10-14-24(22)25/h7-14,20,25H,15-19H2,1-6H3,(H,30,36)(H,34,35). The van der Waals surface area contributed by atoms with Crippen molar-refractivity contribution >= 4 is 18.2 Å². The number of carboxylic acids is 1. The van der Waals surface area contributed by atoms with Crippen LogP contribution in [0, 0.1) is 5.92 Å². The average molecular weight is 541 g/mol. The van der Waals surface area contributed by atoms with Gasteiger partial charge in [-0.05, 0) is 48.9 Å².